The average Bonchev–Trinajstić information content (AvgIpc) is 2.98. The molecule has 110 valence electrons. The molecule has 0 aliphatic carbocycles. The molecule has 2 nitrogen and oxygen atoms in total. The van der Waals surface area contributed by atoms with Crippen molar-refractivity contribution >= 4 is 23.2 Å². The summed E-state index contributed by atoms with van der Waals surface area (Å²) in [6.07, 6.45) is 1.11. The topological polar surface area (TPSA) is 24.1 Å². The monoisotopic (exact) mass is 320 g/mol. The Morgan fingerprint density at radius 2 is 1.86 bits per heavy atom. The highest BCUT2D eigenvalue weighted by Gasteiger charge is 2.27. The molecule has 0 spiro atoms. The maximum atomic E-state index is 6.24. The third kappa shape index (κ3) is 3.41. The minimum atomic E-state index is 0.351. The molecule has 1 aliphatic heterocycles. The van der Waals surface area contributed by atoms with Gasteiger partial charge in [0.1, 0.15) is 0 Å². The van der Waals surface area contributed by atoms with E-state index in [4.69, 9.17) is 23.2 Å². The summed E-state index contributed by atoms with van der Waals surface area (Å²) in [6, 6.07) is 17.1. The van der Waals surface area contributed by atoms with Crippen LogP contribution < -0.4 is 10.6 Å². The number of benzene rings is 2. The average molecular weight is 321 g/mol. The lowest BCUT2D eigenvalue weighted by atomic mass is 10.0. The second-order valence-electron chi connectivity index (χ2n) is 5.33. The second-order valence-corrected chi connectivity index (χ2v) is 6.12. The first kappa shape index (κ1) is 14.9. The number of hydrogen-bond donors (Lipinski definition) is 2. The van der Waals surface area contributed by atoms with Gasteiger partial charge in [0.2, 0.25) is 0 Å². The van der Waals surface area contributed by atoms with Gasteiger partial charge in [-0.05, 0) is 30.2 Å². The summed E-state index contributed by atoms with van der Waals surface area (Å²) in [6.45, 7) is 1.76. The van der Waals surface area contributed by atoms with E-state index in [0.717, 1.165) is 25.1 Å². The zero-order valence-corrected chi connectivity index (χ0v) is 13.2. The largest absolute Gasteiger partial charge is 0.309 e. The Hall–Kier alpha value is -1.06. The van der Waals surface area contributed by atoms with E-state index in [9.17, 15) is 0 Å². The van der Waals surface area contributed by atoms with E-state index in [1.807, 2.05) is 24.3 Å². The predicted octanol–water partition coefficient (Wildman–Crippen LogP) is 4.19. The van der Waals surface area contributed by atoms with Gasteiger partial charge in [0.05, 0.1) is 10.0 Å². The van der Waals surface area contributed by atoms with Gasteiger partial charge in [-0.3, -0.25) is 0 Å². The maximum Gasteiger partial charge on any atom is 0.0637 e. The summed E-state index contributed by atoms with van der Waals surface area (Å²) in [4.78, 5) is 0. The predicted molar refractivity (Wildman–Crippen MR) is 88.9 cm³/mol. The fourth-order valence-corrected chi connectivity index (χ4v) is 3.25. The second kappa shape index (κ2) is 6.80. The van der Waals surface area contributed by atoms with Gasteiger partial charge < -0.3 is 10.6 Å². The van der Waals surface area contributed by atoms with Gasteiger partial charge in [-0.2, -0.15) is 0 Å². The molecule has 2 aromatic rings. The summed E-state index contributed by atoms with van der Waals surface area (Å²) in [5, 5.41) is 8.43. The van der Waals surface area contributed by atoms with Gasteiger partial charge in [-0.25, -0.2) is 0 Å². The van der Waals surface area contributed by atoms with Crippen molar-refractivity contribution in [1.82, 2.24) is 10.6 Å². The van der Waals surface area contributed by atoms with Crippen molar-refractivity contribution in [3.8, 4) is 0 Å². The highest BCUT2D eigenvalue weighted by Crippen LogP contribution is 2.27. The third-order valence-corrected chi connectivity index (χ3v) is 4.82. The lowest BCUT2D eigenvalue weighted by molar-refractivity contribution is 0.461. The van der Waals surface area contributed by atoms with Crippen LogP contribution in [0.3, 0.4) is 0 Å². The number of halogens is 2. The number of hydrogen-bond acceptors (Lipinski definition) is 2. The van der Waals surface area contributed by atoms with Crippen molar-refractivity contribution < 1.29 is 0 Å². The van der Waals surface area contributed by atoms with Gasteiger partial charge in [0.25, 0.3) is 0 Å². The quantitative estimate of drug-likeness (QED) is 0.882. The Balaban J connectivity index is 1.68. The lowest BCUT2D eigenvalue weighted by Crippen LogP contribution is -2.34. The summed E-state index contributed by atoms with van der Waals surface area (Å²) in [5.74, 6) is 0. The van der Waals surface area contributed by atoms with Crippen molar-refractivity contribution in [3.05, 3.63) is 69.7 Å². The molecular formula is C17H18Cl2N2. The molecule has 1 fully saturated rings. The van der Waals surface area contributed by atoms with Crippen LogP contribution in [0.15, 0.2) is 48.5 Å². The van der Waals surface area contributed by atoms with Crippen LogP contribution in [0.25, 0.3) is 0 Å². The van der Waals surface area contributed by atoms with E-state index >= 15 is 0 Å². The lowest BCUT2D eigenvalue weighted by Gasteiger charge is -2.21. The molecule has 0 unspecified atom stereocenters. The Morgan fingerprint density at radius 3 is 2.67 bits per heavy atom. The molecule has 2 aromatic carbocycles. The Labute approximate surface area is 135 Å². The summed E-state index contributed by atoms with van der Waals surface area (Å²) < 4.78 is 0. The first-order valence-corrected chi connectivity index (χ1v) is 7.96. The molecular weight excluding hydrogens is 303 g/mol. The van der Waals surface area contributed by atoms with Gasteiger partial charge >= 0.3 is 0 Å². The van der Waals surface area contributed by atoms with Crippen LogP contribution in [0.4, 0.5) is 0 Å². The fraction of sp³-hybridized carbons (Fsp3) is 0.294. The molecule has 21 heavy (non-hydrogen) atoms. The summed E-state index contributed by atoms with van der Waals surface area (Å²) in [7, 11) is 0. The van der Waals surface area contributed by atoms with E-state index in [0.29, 0.717) is 22.1 Å². The molecule has 2 atom stereocenters. The van der Waals surface area contributed by atoms with Crippen LogP contribution in [0.2, 0.25) is 10.0 Å². The van der Waals surface area contributed by atoms with E-state index in [-0.39, 0.29) is 0 Å². The first-order valence-electron chi connectivity index (χ1n) is 7.20. The molecule has 0 saturated carbocycles. The molecule has 0 amide bonds. The van der Waals surface area contributed by atoms with Crippen LogP contribution in [0.5, 0.6) is 0 Å². The Kier molecular flexibility index (Phi) is 4.81. The molecule has 0 radical (unpaired) electrons. The normalized spacial score (nSPS) is 21.6. The zero-order chi connectivity index (χ0) is 14.7. The highest BCUT2D eigenvalue weighted by atomic mass is 35.5. The van der Waals surface area contributed by atoms with Gasteiger partial charge in [-0.1, -0.05) is 65.7 Å². The summed E-state index contributed by atoms with van der Waals surface area (Å²) in [5.41, 5.74) is 2.37. The Bertz CT molecular complexity index is 601. The van der Waals surface area contributed by atoms with E-state index in [1.54, 1.807) is 0 Å². The minimum Gasteiger partial charge on any atom is -0.309 e. The van der Waals surface area contributed by atoms with E-state index in [2.05, 4.69) is 34.9 Å². The molecule has 1 saturated heterocycles. The number of nitrogens with one attached hydrogen (secondary N) is 2. The van der Waals surface area contributed by atoms with E-state index < -0.39 is 0 Å². The van der Waals surface area contributed by atoms with Crippen molar-refractivity contribution in [3.63, 3.8) is 0 Å². The Morgan fingerprint density at radius 1 is 1.05 bits per heavy atom. The van der Waals surface area contributed by atoms with Gasteiger partial charge in [0, 0.05) is 18.6 Å². The molecule has 1 heterocycles. The molecule has 1 aliphatic rings. The van der Waals surface area contributed by atoms with Crippen LogP contribution >= 0.6 is 23.2 Å². The van der Waals surface area contributed by atoms with Crippen LogP contribution in [-0.2, 0) is 6.54 Å². The molecule has 0 aromatic heterocycles. The molecule has 2 N–H and O–H groups in total. The van der Waals surface area contributed by atoms with E-state index in [1.165, 1.54) is 5.56 Å². The molecule has 0 bridgehead atoms. The summed E-state index contributed by atoms with van der Waals surface area (Å²) >= 11 is 12.3. The molecule has 3 rings (SSSR count). The van der Waals surface area contributed by atoms with Crippen molar-refractivity contribution in [2.75, 3.05) is 6.54 Å². The first-order chi connectivity index (χ1) is 10.3. The zero-order valence-electron chi connectivity index (χ0n) is 11.7. The highest BCUT2D eigenvalue weighted by molar-refractivity contribution is 6.42. The van der Waals surface area contributed by atoms with Crippen LogP contribution in [0.1, 0.15) is 23.6 Å². The van der Waals surface area contributed by atoms with Crippen LogP contribution in [-0.4, -0.2) is 12.6 Å². The smallest absolute Gasteiger partial charge is 0.0637 e. The standard InChI is InChI=1S/C17H18Cl2N2/c18-14-8-4-7-13(16(14)19)11-21-15-9-10-20-17(15)12-5-2-1-3-6-12/h1-8,15,17,20-21H,9-11H2/t15-,17-/m0/s1. The van der Waals surface area contributed by atoms with Crippen molar-refractivity contribution in [2.24, 2.45) is 0 Å². The van der Waals surface area contributed by atoms with Gasteiger partial charge in [-0.15, -0.1) is 0 Å². The minimum absolute atomic E-state index is 0.351. The maximum absolute atomic E-state index is 6.24. The SMILES string of the molecule is Clc1cccc(CN[C@H]2CCN[C@H]2c2ccccc2)c1Cl. The molecule has 4 heteroatoms. The fourth-order valence-electron chi connectivity index (χ4n) is 2.86. The van der Waals surface area contributed by atoms with Crippen molar-refractivity contribution in [2.45, 2.75) is 25.0 Å². The number of rotatable bonds is 4. The van der Waals surface area contributed by atoms with Gasteiger partial charge in [0.15, 0.2) is 0 Å². The third-order valence-electron chi connectivity index (χ3n) is 3.97. The van der Waals surface area contributed by atoms with Crippen LogP contribution in [0, 0.1) is 0 Å². The van der Waals surface area contributed by atoms with Crippen molar-refractivity contribution in [1.29, 1.82) is 0 Å².